The molecule has 0 saturated heterocycles. The molecule has 0 spiro atoms. The third kappa shape index (κ3) is 39.0. The summed E-state index contributed by atoms with van der Waals surface area (Å²) in [5.74, 6) is -0.881. The minimum Gasteiger partial charge on any atom is -0.756 e. The number of nitrogens with one attached hydrogen (secondary N) is 1. The number of allylic oxidation sites excluding steroid dienone is 12. The molecule has 9 nitrogen and oxygen atoms in total. The average molecular weight is 764 g/mol. The fraction of sp³-hybridized carbons (Fsp3) is 0.674. The van der Waals surface area contributed by atoms with Crippen LogP contribution in [0.4, 0.5) is 0 Å². The van der Waals surface area contributed by atoms with Gasteiger partial charge in [0.2, 0.25) is 0 Å². The molecular formula is C43H74NO8P. The quantitative estimate of drug-likeness (QED) is 0.0291. The molecule has 10 heteroatoms. The van der Waals surface area contributed by atoms with Crippen molar-refractivity contribution in [2.24, 2.45) is 0 Å². The van der Waals surface area contributed by atoms with Gasteiger partial charge in [0.25, 0.3) is 7.82 Å². The van der Waals surface area contributed by atoms with Crippen molar-refractivity contribution in [3.63, 3.8) is 0 Å². The van der Waals surface area contributed by atoms with Crippen LogP contribution < -0.4 is 9.79 Å². The van der Waals surface area contributed by atoms with Gasteiger partial charge in [-0.1, -0.05) is 125 Å². The van der Waals surface area contributed by atoms with Gasteiger partial charge >= 0.3 is 11.9 Å². The topological polar surface area (TPSA) is 116 Å². The van der Waals surface area contributed by atoms with Crippen molar-refractivity contribution in [2.45, 2.75) is 148 Å². The van der Waals surface area contributed by atoms with Crippen LogP contribution in [-0.2, 0) is 32.7 Å². The van der Waals surface area contributed by atoms with E-state index in [1.807, 2.05) is 14.1 Å². The van der Waals surface area contributed by atoms with E-state index in [0.717, 1.165) is 108 Å². The van der Waals surface area contributed by atoms with Gasteiger partial charge in [-0.2, -0.15) is 0 Å². The zero-order chi connectivity index (χ0) is 39.1. The van der Waals surface area contributed by atoms with Gasteiger partial charge in [-0.05, 0) is 77.0 Å². The van der Waals surface area contributed by atoms with Gasteiger partial charge < -0.3 is 28.3 Å². The maximum Gasteiger partial charge on any atom is 0.306 e. The van der Waals surface area contributed by atoms with Crippen molar-refractivity contribution in [3.05, 3.63) is 72.9 Å². The second-order valence-corrected chi connectivity index (χ2v) is 14.9. The Morgan fingerprint density at radius 3 is 1.51 bits per heavy atom. The van der Waals surface area contributed by atoms with Crippen LogP contribution >= 0.6 is 7.82 Å². The van der Waals surface area contributed by atoms with Gasteiger partial charge in [0, 0.05) is 12.8 Å². The summed E-state index contributed by atoms with van der Waals surface area (Å²) in [6.45, 7) is 3.97. The number of likely N-dealkylation sites (N-methyl/N-ethyl adjacent to an activating group) is 1. The highest BCUT2D eigenvalue weighted by Crippen LogP contribution is 2.38. The van der Waals surface area contributed by atoms with Crippen molar-refractivity contribution < 1.29 is 42.5 Å². The molecule has 0 aliphatic carbocycles. The molecule has 0 fully saturated rings. The molecule has 0 aromatic heterocycles. The smallest absolute Gasteiger partial charge is 0.306 e. The van der Waals surface area contributed by atoms with Crippen LogP contribution in [0.15, 0.2) is 72.9 Å². The highest BCUT2D eigenvalue weighted by Gasteiger charge is 2.21. The second kappa shape index (κ2) is 37.8. The minimum absolute atomic E-state index is 0.0287. The second-order valence-electron chi connectivity index (χ2n) is 13.5. The van der Waals surface area contributed by atoms with Crippen LogP contribution in [0.5, 0.6) is 0 Å². The number of hydrogen-bond donors (Lipinski definition) is 1. The van der Waals surface area contributed by atoms with Crippen LogP contribution in [0.2, 0.25) is 0 Å². The maximum absolute atomic E-state index is 12.6. The first-order chi connectivity index (χ1) is 25.7. The van der Waals surface area contributed by atoms with Crippen molar-refractivity contribution >= 4 is 19.8 Å². The molecule has 0 bridgehead atoms. The standard InChI is InChI=1S/C43H74NO8P/c1-5-7-9-11-13-15-17-19-21-23-25-27-29-31-33-35-42(45)49-39-41(40-51-53(47,48)50-38-37-44(3)4)52-43(46)36-34-32-30-28-26-24-22-20-18-16-14-12-10-8-6-2/h7-10,13-16,19-22,41H,5-6,11-12,17-18,23-40H2,1-4H3,(H,47,48)/b9-7-,10-8-,15-13-,16-14-,21-19-,22-20-/t41-/m1/s1. The Morgan fingerprint density at radius 1 is 0.585 bits per heavy atom. The normalized spacial score (nSPS) is 14.2. The highest BCUT2D eigenvalue weighted by atomic mass is 31.2. The van der Waals surface area contributed by atoms with Crippen molar-refractivity contribution in [1.82, 2.24) is 0 Å². The van der Waals surface area contributed by atoms with Gasteiger partial charge in [-0.25, -0.2) is 0 Å². The lowest BCUT2D eigenvalue weighted by Gasteiger charge is -2.25. The Morgan fingerprint density at radius 2 is 1.02 bits per heavy atom. The number of phosphoric acid groups is 1. The van der Waals surface area contributed by atoms with E-state index in [2.05, 4.69) is 86.8 Å². The predicted octanol–water partition coefficient (Wildman–Crippen LogP) is 9.27. The van der Waals surface area contributed by atoms with Crippen LogP contribution in [0, 0.1) is 0 Å². The summed E-state index contributed by atoms with van der Waals surface area (Å²) in [4.78, 5) is 38.3. The first-order valence-corrected chi connectivity index (χ1v) is 21.8. The number of esters is 2. The molecule has 1 unspecified atom stereocenters. The zero-order valence-electron chi connectivity index (χ0n) is 33.7. The maximum atomic E-state index is 12.6. The summed E-state index contributed by atoms with van der Waals surface area (Å²) in [6, 6.07) is 0. The Kier molecular flexibility index (Phi) is 35.9. The monoisotopic (exact) mass is 764 g/mol. The van der Waals surface area contributed by atoms with E-state index in [9.17, 15) is 19.0 Å². The first kappa shape index (κ1) is 50.5. The molecule has 2 atom stereocenters. The summed E-state index contributed by atoms with van der Waals surface area (Å²) in [5.41, 5.74) is 0. The van der Waals surface area contributed by atoms with E-state index in [-0.39, 0.29) is 26.1 Å². The minimum atomic E-state index is -4.61. The molecular weight excluding hydrogens is 689 g/mol. The lowest BCUT2D eigenvalue weighted by atomic mass is 10.1. The number of ether oxygens (including phenoxy) is 2. The van der Waals surface area contributed by atoms with Gasteiger partial charge in [0.15, 0.2) is 6.10 Å². The number of quaternary nitrogens is 1. The summed E-state index contributed by atoms with van der Waals surface area (Å²) >= 11 is 0. The molecule has 53 heavy (non-hydrogen) atoms. The molecule has 0 aliphatic rings. The number of phosphoric ester groups is 1. The summed E-state index contributed by atoms with van der Waals surface area (Å²) in [6.07, 6.45) is 43.6. The predicted molar refractivity (Wildman–Crippen MR) is 217 cm³/mol. The Hall–Kier alpha value is -2.55. The largest absolute Gasteiger partial charge is 0.756 e. The number of hydrogen-bond acceptors (Lipinski definition) is 8. The van der Waals surface area contributed by atoms with Crippen LogP contribution in [0.1, 0.15) is 142 Å². The number of carbonyl (C=O) groups excluding carboxylic acids is 2. The van der Waals surface area contributed by atoms with Gasteiger partial charge in [0.05, 0.1) is 20.7 Å². The molecule has 0 heterocycles. The lowest BCUT2D eigenvalue weighted by molar-refractivity contribution is -0.858. The lowest BCUT2D eigenvalue weighted by Crippen LogP contribution is -3.06. The average Bonchev–Trinajstić information content (AvgIpc) is 3.12. The molecule has 0 aromatic rings. The summed E-state index contributed by atoms with van der Waals surface area (Å²) in [5, 5.41) is 0. The molecule has 0 radical (unpaired) electrons. The third-order valence-electron chi connectivity index (χ3n) is 8.06. The molecule has 1 N–H and O–H groups in total. The van der Waals surface area contributed by atoms with E-state index in [4.69, 9.17) is 18.5 Å². The van der Waals surface area contributed by atoms with Crippen molar-refractivity contribution in [3.8, 4) is 0 Å². The van der Waals surface area contributed by atoms with E-state index in [1.165, 1.54) is 0 Å². The Bertz CT molecular complexity index is 1110. The van der Waals surface area contributed by atoms with Gasteiger partial charge in [0.1, 0.15) is 19.8 Å². The molecule has 0 amide bonds. The van der Waals surface area contributed by atoms with Gasteiger partial charge in [-0.15, -0.1) is 0 Å². The van der Waals surface area contributed by atoms with Crippen LogP contribution in [0.3, 0.4) is 0 Å². The van der Waals surface area contributed by atoms with E-state index >= 15 is 0 Å². The molecule has 0 aliphatic heterocycles. The van der Waals surface area contributed by atoms with Crippen LogP contribution in [-0.4, -0.2) is 58.5 Å². The number of unbranched alkanes of at least 4 members (excludes halogenated alkanes) is 10. The summed E-state index contributed by atoms with van der Waals surface area (Å²) < 4.78 is 33.0. The van der Waals surface area contributed by atoms with Crippen LogP contribution in [0.25, 0.3) is 0 Å². The van der Waals surface area contributed by atoms with E-state index < -0.39 is 32.5 Å². The first-order valence-electron chi connectivity index (χ1n) is 20.3. The Balaban J connectivity index is 4.40. The summed E-state index contributed by atoms with van der Waals surface area (Å²) in [7, 11) is -0.850. The van der Waals surface area contributed by atoms with E-state index in [1.54, 1.807) is 0 Å². The number of carbonyl (C=O) groups is 2. The SMILES string of the molecule is CC/C=C\C/C=C\C/C=C\CCCCCCCC(=O)OC[C@H](COP(=O)([O-])OCC[NH+](C)C)OC(=O)CCCCCCC/C=C\C/C=C\C/C=C\CC. The molecule has 304 valence electrons. The van der Waals surface area contributed by atoms with Gasteiger partial charge in [-0.3, -0.25) is 14.2 Å². The zero-order valence-corrected chi connectivity index (χ0v) is 34.6. The molecule has 0 rings (SSSR count). The fourth-order valence-corrected chi connectivity index (χ4v) is 5.71. The highest BCUT2D eigenvalue weighted by molar-refractivity contribution is 7.45. The Labute approximate surface area is 323 Å². The number of rotatable bonds is 36. The van der Waals surface area contributed by atoms with Crippen molar-refractivity contribution in [1.29, 1.82) is 0 Å². The third-order valence-corrected chi connectivity index (χ3v) is 9.03. The van der Waals surface area contributed by atoms with E-state index in [0.29, 0.717) is 19.4 Å². The molecule has 0 aromatic carbocycles. The molecule has 0 saturated carbocycles. The van der Waals surface area contributed by atoms with Crippen molar-refractivity contribution in [2.75, 3.05) is 40.5 Å². The fourth-order valence-electron chi connectivity index (χ4n) is 4.97.